The molecule has 0 bridgehead atoms. The van der Waals surface area contributed by atoms with Gasteiger partial charge in [-0.3, -0.25) is 9.10 Å². The van der Waals surface area contributed by atoms with Gasteiger partial charge in [-0.05, 0) is 54.8 Å². The van der Waals surface area contributed by atoms with E-state index in [4.69, 9.17) is 0 Å². The number of halogens is 2. The fourth-order valence-electron chi connectivity index (χ4n) is 3.45. The second-order valence-electron chi connectivity index (χ2n) is 6.92. The highest BCUT2D eigenvalue weighted by molar-refractivity contribution is 7.92. The van der Waals surface area contributed by atoms with Crippen molar-refractivity contribution in [2.24, 2.45) is 0 Å². The van der Waals surface area contributed by atoms with Crippen LogP contribution in [-0.4, -0.2) is 20.9 Å². The van der Waals surface area contributed by atoms with Gasteiger partial charge in [-0.15, -0.1) is 0 Å². The number of amides is 1. The summed E-state index contributed by atoms with van der Waals surface area (Å²) in [6.07, 6.45) is 1.51. The van der Waals surface area contributed by atoms with Gasteiger partial charge in [0.15, 0.2) is 11.6 Å². The fourth-order valence-corrected chi connectivity index (χ4v) is 5.04. The monoisotopic (exact) mass is 428 g/mol. The first-order valence-electron chi connectivity index (χ1n) is 9.33. The highest BCUT2D eigenvalue weighted by atomic mass is 32.2. The molecule has 1 aliphatic rings. The summed E-state index contributed by atoms with van der Waals surface area (Å²) in [7, 11) is -3.87. The van der Waals surface area contributed by atoms with Crippen LogP contribution in [0, 0.1) is 11.6 Å². The van der Waals surface area contributed by atoms with Crippen molar-refractivity contribution >= 4 is 27.3 Å². The molecule has 0 aliphatic carbocycles. The van der Waals surface area contributed by atoms with E-state index in [0.29, 0.717) is 18.7 Å². The highest BCUT2D eigenvalue weighted by Crippen LogP contribution is 2.32. The maximum atomic E-state index is 13.4. The van der Waals surface area contributed by atoms with E-state index in [9.17, 15) is 22.0 Å². The van der Waals surface area contributed by atoms with Gasteiger partial charge in [0.25, 0.3) is 15.9 Å². The highest BCUT2D eigenvalue weighted by Gasteiger charge is 2.29. The molecule has 0 saturated carbocycles. The zero-order valence-corrected chi connectivity index (χ0v) is 16.6. The Balaban J connectivity index is 1.63. The Labute approximate surface area is 173 Å². The number of para-hydroxylation sites is 1. The van der Waals surface area contributed by atoms with Crippen molar-refractivity contribution in [1.82, 2.24) is 0 Å². The molecule has 30 heavy (non-hydrogen) atoms. The first-order valence-corrected chi connectivity index (χ1v) is 10.8. The first kappa shape index (κ1) is 20.0. The first-order chi connectivity index (χ1) is 14.4. The summed E-state index contributed by atoms with van der Waals surface area (Å²) in [4.78, 5) is 12.5. The molecule has 1 amide bonds. The molecule has 3 aromatic carbocycles. The van der Waals surface area contributed by atoms with Crippen LogP contribution in [0.2, 0.25) is 0 Å². The Morgan fingerprint density at radius 2 is 1.73 bits per heavy atom. The summed E-state index contributed by atoms with van der Waals surface area (Å²) < 4.78 is 54.3. The number of hydrogen-bond donors (Lipinski definition) is 1. The molecular formula is C22H18F2N2O3S. The normalized spacial score (nSPS) is 13.6. The predicted molar refractivity (Wildman–Crippen MR) is 110 cm³/mol. The number of carbonyl (C=O) groups is 1. The average molecular weight is 428 g/mol. The van der Waals surface area contributed by atoms with Gasteiger partial charge in [-0.2, -0.15) is 0 Å². The minimum atomic E-state index is -3.87. The zero-order chi connectivity index (χ0) is 21.3. The smallest absolute Gasteiger partial charge is 0.264 e. The van der Waals surface area contributed by atoms with E-state index in [-0.39, 0.29) is 16.1 Å². The van der Waals surface area contributed by atoms with E-state index in [1.807, 2.05) is 12.1 Å². The van der Waals surface area contributed by atoms with E-state index < -0.39 is 27.6 Å². The van der Waals surface area contributed by atoms with Crippen LogP contribution < -0.4 is 9.62 Å². The van der Waals surface area contributed by atoms with Crippen LogP contribution in [0.15, 0.2) is 71.6 Å². The molecule has 154 valence electrons. The molecule has 5 nitrogen and oxygen atoms in total. The Bertz CT molecular complexity index is 1230. The van der Waals surface area contributed by atoms with Crippen molar-refractivity contribution in [3.05, 3.63) is 89.5 Å². The number of fused-ring (bicyclic) bond motifs is 1. The number of anilines is 2. The van der Waals surface area contributed by atoms with Gasteiger partial charge >= 0.3 is 0 Å². The third-order valence-corrected chi connectivity index (χ3v) is 6.74. The number of rotatable bonds is 4. The third-order valence-electron chi connectivity index (χ3n) is 4.93. The molecule has 1 N–H and O–H groups in total. The van der Waals surface area contributed by atoms with E-state index in [2.05, 4.69) is 5.32 Å². The van der Waals surface area contributed by atoms with Crippen LogP contribution in [0.4, 0.5) is 20.2 Å². The van der Waals surface area contributed by atoms with E-state index >= 15 is 0 Å². The molecule has 0 spiro atoms. The van der Waals surface area contributed by atoms with Gasteiger partial charge in [0, 0.05) is 23.9 Å². The van der Waals surface area contributed by atoms with Crippen molar-refractivity contribution in [3.8, 4) is 0 Å². The molecule has 0 atom stereocenters. The molecule has 0 radical (unpaired) electrons. The van der Waals surface area contributed by atoms with Crippen molar-refractivity contribution < 1.29 is 22.0 Å². The Kier molecular flexibility index (Phi) is 5.26. The molecule has 0 saturated heterocycles. The van der Waals surface area contributed by atoms with E-state index in [1.54, 1.807) is 12.1 Å². The number of aryl methyl sites for hydroxylation is 1. The lowest BCUT2D eigenvalue weighted by atomic mass is 10.0. The average Bonchev–Trinajstić information content (AvgIpc) is 2.76. The maximum absolute atomic E-state index is 13.4. The Hall–Kier alpha value is -3.26. The maximum Gasteiger partial charge on any atom is 0.264 e. The number of hydrogen-bond acceptors (Lipinski definition) is 3. The standard InChI is InChI=1S/C22H18F2N2O3S/c23-19-11-10-17(14-20(19)24)25-22(27)16-6-3-8-18(13-16)30(28,29)26-12-4-7-15-5-1-2-9-21(15)26/h1-3,5-6,8-11,13-14H,4,7,12H2,(H,25,27). The van der Waals surface area contributed by atoms with Crippen molar-refractivity contribution in [2.45, 2.75) is 17.7 Å². The lowest BCUT2D eigenvalue weighted by molar-refractivity contribution is 0.102. The summed E-state index contributed by atoms with van der Waals surface area (Å²) in [6, 6.07) is 16.0. The fraction of sp³-hybridized carbons (Fsp3) is 0.136. The molecule has 1 heterocycles. The molecule has 0 aromatic heterocycles. The largest absolute Gasteiger partial charge is 0.322 e. The predicted octanol–water partition coefficient (Wildman–Crippen LogP) is 4.36. The number of carbonyl (C=O) groups excluding carboxylic acids is 1. The molecule has 3 aromatic rings. The second-order valence-corrected chi connectivity index (χ2v) is 8.78. The third kappa shape index (κ3) is 3.78. The van der Waals surface area contributed by atoms with Gasteiger partial charge in [0.2, 0.25) is 0 Å². The molecule has 8 heteroatoms. The number of sulfonamides is 1. The van der Waals surface area contributed by atoms with Gasteiger partial charge in [-0.25, -0.2) is 17.2 Å². The van der Waals surface area contributed by atoms with E-state index in [0.717, 1.165) is 24.1 Å². The van der Waals surface area contributed by atoms with Crippen LogP contribution >= 0.6 is 0 Å². The van der Waals surface area contributed by atoms with Crippen molar-refractivity contribution in [2.75, 3.05) is 16.2 Å². The molecule has 0 unspecified atom stereocenters. The summed E-state index contributed by atoms with van der Waals surface area (Å²) in [5.74, 6) is -2.74. The number of nitrogens with zero attached hydrogens (tertiary/aromatic N) is 1. The summed E-state index contributed by atoms with van der Waals surface area (Å²) in [6.45, 7) is 0.352. The van der Waals surface area contributed by atoms with Gasteiger partial charge < -0.3 is 5.32 Å². The lowest BCUT2D eigenvalue weighted by Crippen LogP contribution is -2.35. The quantitative estimate of drug-likeness (QED) is 0.672. The molecule has 0 fully saturated rings. The van der Waals surface area contributed by atoms with Crippen LogP contribution in [0.25, 0.3) is 0 Å². The van der Waals surface area contributed by atoms with Gasteiger partial charge in [0.05, 0.1) is 10.6 Å². The molecular weight excluding hydrogens is 410 g/mol. The Morgan fingerprint density at radius 3 is 2.53 bits per heavy atom. The van der Waals surface area contributed by atoms with Gasteiger partial charge in [-0.1, -0.05) is 24.3 Å². The summed E-state index contributed by atoms with van der Waals surface area (Å²) in [5, 5.41) is 2.45. The van der Waals surface area contributed by atoms with Crippen molar-refractivity contribution in [3.63, 3.8) is 0 Å². The zero-order valence-electron chi connectivity index (χ0n) is 15.8. The minimum absolute atomic E-state index is 0.0165. The number of benzene rings is 3. The van der Waals surface area contributed by atoms with E-state index in [1.165, 1.54) is 34.6 Å². The SMILES string of the molecule is O=C(Nc1ccc(F)c(F)c1)c1cccc(S(=O)(=O)N2CCCc3ccccc32)c1. The van der Waals surface area contributed by atoms with Crippen LogP contribution in [-0.2, 0) is 16.4 Å². The Morgan fingerprint density at radius 1 is 0.933 bits per heavy atom. The van der Waals surface area contributed by atoms with Crippen LogP contribution in [0.1, 0.15) is 22.3 Å². The van der Waals surface area contributed by atoms with Crippen LogP contribution in [0.5, 0.6) is 0 Å². The number of nitrogens with one attached hydrogen (secondary N) is 1. The lowest BCUT2D eigenvalue weighted by Gasteiger charge is -2.30. The minimum Gasteiger partial charge on any atom is -0.322 e. The summed E-state index contributed by atoms with van der Waals surface area (Å²) in [5.41, 5.74) is 1.75. The van der Waals surface area contributed by atoms with Crippen LogP contribution in [0.3, 0.4) is 0 Å². The molecule has 4 rings (SSSR count). The second kappa shape index (κ2) is 7.87. The van der Waals surface area contributed by atoms with Gasteiger partial charge in [0.1, 0.15) is 0 Å². The topological polar surface area (TPSA) is 66.5 Å². The summed E-state index contributed by atoms with van der Waals surface area (Å²) >= 11 is 0. The van der Waals surface area contributed by atoms with Crippen molar-refractivity contribution in [1.29, 1.82) is 0 Å². The molecule has 1 aliphatic heterocycles.